The first-order valence-electron chi connectivity index (χ1n) is 5.07. The predicted molar refractivity (Wildman–Crippen MR) is 53.6 cm³/mol. The summed E-state index contributed by atoms with van der Waals surface area (Å²) in [4.78, 5) is 0. The van der Waals surface area contributed by atoms with Crippen molar-refractivity contribution < 1.29 is 4.74 Å². The molecule has 0 saturated carbocycles. The fourth-order valence-electron chi connectivity index (χ4n) is 2.15. The fraction of sp³-hybridized carbons (Fsp3) is 0.500. The van der Waals surface area contributed by atoms with Gasteiger partial charge in [0.25, 0.3) is 0 Å². The topological polar surface area (TPSA) is 9.23 Å². The fourth-order valence-corrected chi connectivity index (χ4v) is 2.15. The molecule has 1 aromatic rings. The van der Waals surface area contributed by atoms with E-state index in [-0.39, 0.29) is 5.60 Å². The van der Waals surface area contributed by atoms with Crippen molar-refractivity contribution in [2.45, 2.75) is 31.8 Å². The molecule has 1 aromatic carbocycles. The van der Waals surface area contributed by atoms with Crippen molar-refractivity contribution in [3.05, 3.63) is 35.9 Å². The first-order chi connectivity index (χ1) is 6.37. The smallest absolute Gasteiger partial charge is 0.0929 e. The van der Waals surface area contributed by atoms with Gasteiger partial charge in [-0.1, -0.05) is 37.3 Å². The van der Waals surface area contributed by atoms with Crippen LogP contribution in [0.2, 0.25) is 0 Å². The Morgan fingerprint density at radius 2 is 2.08 bits per heavy atom. The second-order valence-corrected chi connectivity index (χ2v) is 3.67. The summed E-state index contributed by atoms with van der Waals surface area (Å²) in [6.07, 6.45) is 3.45. The van der Waals surface area contributed by atoms with Gasteiger partial charge in [-0.05, 0) is 24.8 Å². The van der Waals surface area contributed by atoms with Crippen LogP contribution in [0.4, 0.5) is 0 Å². The van der Waals surface area contributed by atoms with Crippen LogP contribution in [0.3, 0.4) is 0 Å². The van der Waals surface area contributed by atoms with Gasteiger partial charge >= 0.3 is 0 Å². The number of hydrogen-bond donors (Lipinski definition) is 0. The van der Waals surface area contributed by atoms with E-state index >= 15 is 0 Å². The van der Waals surface area contributed by atoms with E-state index < -0.39 is 0 Å². The SMILES string of the molecule is CCC1(c2ccccc2)CCCO1. The normalized spacial score (nSPS) is 27.8. The standard InChI is InChI=1S/C12H16O/c1-2-12(9-6-10-13-12)11-7-4-3-5-8-11/h3-5,7-8H,2,6,9-10H2,1H3. The predicted octanol–water partition coefficient (Wildman–Crippen LogP) is 3.10. The van der Waals surface area contributed by atoms with Crippen LogP contribution in [-0.2, 0) is 10.3 Å². The summed E-state index contributed by atoms with van der Waals surface area (Å²) >= 11 is 0. The van der Waals surface area contributed by atoms with E-state index in [9.17, 15) is 0 Å². The molecule has 1 aliphatic heterocycles. The van der Waals surface area contributed by atoms with Crippen molar-refractivity contribution in [3.63, 3.8) is 0 Å². The van der Waals surface area contributed by atoms with E-state index in [0.717, 1.165) is 13.0 Å². The van der Waals surface area contributed by atoms with Gasteiger partial charge in [0.1, 0.15) is 0 Å². The highest BCUT2D eigenvalue weighted by atomic mass is 16.5. The highest BCUT2D eigenvalue weighted by molar-refractivity contribution is 5.23. The van der Waals surface area contributed by atoms with Gasteiger partial charge in [0, 0.05) is 6.61 Å². The Hall–Kier alpha value is -0.820. The summed E-state index contributed by atoms with van der Waals surface area (Å²) in [5.41, 5.74) is 1.37. The molecule has 0 N–H and O–H groups in total. The molecular formula is C12H16O. The summed E-state index contributed by atoms with van der Waals surface area (Å²) in [5.74, 6) is 0. The molecule has 0 spiro atoms. The zero-order valence-electron chi connectivity index (χ0n) is 8.12. The Bertz CT molecular complexity index is 260. The van der Waals surface area contributed by atoms with Crippen molar-refractivity contribution >= 4 is 0 Å². The van der Waals surface area contributed by atoms with Gasteiger partial charge in [-0.25, -0.2) is 0 Å². The first-order valence-corrected chi connectivity index (χ1v) is 5.07. The van der Waals surface area contributed by atoms with E-state index in [1.54, 1.807) is 0 Å². The minimum atomic E-state index is 0.0290. The summed E-state index contributed by atoms with van der Waals surface area (Å²) in [6.45, 7) is 3.13. The lowest BCUT2D eigenvalue weighted by atomic mass is 9.88. The molecule has 1 unspecified atom stereocenters. The van der Waals surface area contributed by atoms with Gasteiger partial charge in [0.2, 0.25) is 0 Å². The van der Waals surface area contributed by atoms with Crippen molar-refractivity contribution in [2.75, 3.05) is 6.61 Å². The van der Waals surface area contributed by atoms with Crippen molar-refractivity contribution in [1.82, 2.24) is 0 Å². The van der Waals surface area contributed by atoms with Gasteiger partial charge in [-0.2, -0.15) is 0 Å². The summed E-state index contributed by atoms with van der Waals surface area (Å²) in [6, 6.07) is 10.6. The van der Waals surface area contributed by atoms with Crippen LogP contribution in [0.25, 0.3) is 0 Å². The molecule has 1 saturated heterocycles. The van der Waals surface area contributed by atoms with E-state index in [1.807, 2.05) is 0 Å². The summed E-state index contributed by atoms with van der Waals surface area (Å²) < 4.78 is 5.88. The lowest BCUT2D eigenvalue weighted by Crippen LogP contribution is -2.23. The lowest BCUT2D eigenvalue weighted by Gasteiger charge is -2.27. The molecule has 1 aliphatic rings. The van der Waals surface area contributed by atoms with Crippen molar-refractivity contribution in [1.29, 1.82) is 0 Å². The molecule has 2 rings (SSSR count). The molecule has 0 bridgehead atoms. The Kier molecular flexibility index (Phi) is 2.36. The lowest BCUT2D eigenvalue weighted by molar-refractivity contribution is -0.00314. The van der Waals surface area contributed by atoms with Crippen LogP contribution < -0.4 is 0 Å². The minimum absolute atomic E-state index is 0.0290. The van der Waals surface area contributed by atoms with Crippen LogP contribution in [0.5, 0.6) is 0 Å². The molecule has 0 amide bonds. The number of hydrogen-bond acceptors (Lipinski definition) is 1. The third-order valence-electron chi connectivity index (χ3n) is 2.97. The maximum atomic E-state index is 5.88. The largest absolute Gasteiger partial charge is 0.370 e. The molecular weight excluding hydrogens is 160 g/mol. The third kappa shape index (κ3) is 1.49. The van der Waals surface area contributed by atoms with Crippen LogP contribution in [-0.4, -0.2) is 6.61 Å². The van der Waals surface area contributed by atoms with Crippen LogP contribution in [0.1, 0.15) is 31.7 Å². The molecule has 1 heterocycles. The van der Waals surface area contributed by atoms with Crippen molar-refractivity contribution in [3.8, 4) is 0 Å². The maximum Gasteiger partial charge on any atom is 0.0929 e. The molecule has 1 nitrogen and oxygen atoms in total. The molecule has 1 fully saturated rings. The Morgan fingerprint density at radius 3 is 2.62 bits per heavy atom. The molecule has 1 atom stereocenters. The average Bonchev–Trinajstić information content (AvgIpc) is 2.69. The summed E-state index contributed by atoms with van der Waals surface area (Å²) in [5, 5.41) is 0. The maximum absolute atomic E-state index is 5.88. The first kappa shape index (κ1) is 8.76. The molecule has 0 radical (unpaired) electrons. The highest BCUT2D eigenvalue weighted by Crippen LogP contribution is 2.38. The minimum Gasteiger partial charge on any atom is -0.370 e. The highest BCUT2D eigenvalue weighted by Gasteiger charge is 2.34. The Balaban J connectivity index is 2.31. The Labute approximate surface area is 79.7 Å². The Morgan fingerprint density at radius 1 is 1.31 bits per heavy atom. The molecule has 13 heavy (non-hydrogen) atoms. The van der Waals surface area contributed by atoms with Crippen molar-refractivity contribution in [2.24, 2.45) is 0 Å². The number of rotatable bonds is 2. The summed E-state index contributed by atoms with van der Waals surface area (Å²) in [7, 11) is 0. The monoisotopic (exact) mass is 176 g/mol. The number of benzene rings is 1. The van der Waals surface area contributed by atoms with Crippen LogP contribution in [0, 0.1) is 0 Å². The van der Waals surface area contributed by atoms with Gasteiger partial charge < -0.3 is 4.74 Å². The molecule has 70 valence electrons. The van der Waals surface area contributed by atoms with Gasteiger partial charge in [-0.3, -0.25) is 0 Å². The quantitative estimate of drug-likeness (QED) is 0.672. The molecule has 0 aliphatic carbocycles. The third-order valence-corrected chi connectivity index (χ3v) is 2.97. The molecule has 0 aromatic heterocycles. The van der Waals surface area contributed by atoms with E-state index in [1.165, 1.54) is 18.4 Å². The van der Waals surface area contributed by atoms with Crippen LogP contribution >= 0.6 is 0 Å². The van der Waals surface area contributed by atoms with E-state index in [0.29, 0.717) is 0 Å². The second-order valence-electron chi connectivity index (χ2n) is 3.67. The average molecular weight is 176 g/mol. The van der Waals surface area contributed by atoms with E-state index in [4.69, 9.17) is 4.74 Å². The zero-order valence-corrected chi connectivity index (χ0v) is 8.12. The molecule has 1 heteroatoms. The van der Waals surface area contributed by atoms with Gasteiger partial charge in [0.05, 0.1) is 5.60 Å². The van der Waals surface area contributed by atoms with Crippen LogP contribution in [0.15, 0.2) is 30.3 Å². The number of ether oxygens (including phenoxy) is 1. The van der Waals surface area contributed by atoms with Gasteiger partial charge in [0.15, 0.2) is 0 Å². The second kappa shape index (κ2) is 3.51. The zero-order chi connectivity index (χ0) is 9.15. The van der Waals surface area contributed by atoms with E-state index in [2.05, 4.69) is 37.3 Å². The van der Waals surface area contributed by atoms with Gasteiger partial charge in [-0.15, -0.1) is 0 Å².